The highest BCUT2D eigenvalue weighted by Gasteiger charge is 2.48. The molecule has 10 heteroatoms. The van der Waals surface area contributed by atoms with E-state index in [1.807, 2.05) is 0 Å². The Labute approximate surface area is 234 Å². The van der Waals surface area contributed by atoms with Gasteiger partial charge in [-0.2, -0.15) is 0 Å². The quantitative estimate of drug-likeness (QED) is 0.272. The summed E-state index contributed by atoms with van der Waals surface area (Å²) >= 11 is 0. The van der Waals surface area contributed by atoms with Crippen molar-refractivity contribution in [1.29, 1.82) is 0 Å². The van der Waals surface area contributed by atoms with Crippen molar-refractivity contribution in [2.45, 2.75) is 135 Å². The molecule has 3 rings (SSSR count). The maximum atomic E-state index is 10.8. The molecule has 0 spiro atoms. The Morgan fingerprint density at radius 2 is 1.49 bits per heavy atom. The van der Waals surface area contributed by atoms with Gasteiger partial charge < -0.3 is 48.5 Å². The van der Waals surface area contributed by atoms with Gasteiger partial charge in [0.05, 0.1) is 37.6 Å². The normalized spacial score (nSPS) is 43.5. The predicted molar refractivity (Wildman–Crippen MR) is 144 cm³/mol. The Bertz CT molecular complexity index is 680. The zero-order chi connectivity index (χ0) is 28.5. The van der Waals surface area contributed by atoms with E-state index in [4.69, 9.17) is 33.2 Å². The number of unbranched alkanes of at least 4 members (excludes halogenated alkanes) is 2. The molecule has 39 heavy (non-hydrogen) atoms. The molecule has 0 bridgehead atoms. The van der Waals surface area contributed by atoms with Gasteiger partial charge in [0.1, 0.15) is 24.4 Å². The average molecular weight is 563 g/mol. The van der Waals surface area contributed by atoms with Crippen LogP contribution in [0.5, 0.6) is 0 Å². The number of hydrogen-bond donors (Lipinski definition) is 3. The Kier molecular flexibility index (Phi) is 13.8. The molecule has 0 aromatic rings. The van der Waals surface area contributed by atoms with Crippen LogP contribution in [0.2, 0.25) is 0 Å². The summed E-state index contributed by atoms with van der Waals surface area (Å²) in [6, 6.07) is 0. The van der Waals surface area contributed by atoms with Crippen molar-refractivity contribution in [3.05, 3.63) is 0 Å². The van der Waals surface area contributed by atoms with Gasteiger partial charge in [0.15, 0.2) is 12.6 Å². The first-order valence-electron chi connectivity index (χ1n) is 15.1. The third kappa shape index (κ3) is 8.56. The van der Waals surface area contributed by atoms with E-state index in [-0.39, 0.29) is 24.7 Å². The van der Waals surface area contributed by atoms with Crippen molar-refractivity contribution in [1.82, 2.24) is 0 Å². The third-order valence-corrected chi connectivity index (χ3v) is 8.75. The molecule has 3 aliphatic heterocycles. The van der Waals surface area contributed by atoms with Crippen LogP contribution in [-0.4, -0.2) is 110 Å². The lowest BCUT2D eigenvalue weighted by Crippen LogP contribution is -2.60. The van der Waals surface area contributed by atoms with Crippen molar-refractivity contribution >= 4 is 0 Å². The standard InChI is InChI=1S/C29H54O10/c1-7-9-12-33-16-23-27(39-29-26(35-13-10-8-2)18(4)17(3)20(6)36-29)21(11-14-34-23)37-28-25(32)24(31)19(5)22(15-30)38-28/h17-32H,7-16H2,1-6H3. The van der Waals surface area contributed by atoms with Gasteiger partial charge in [-0.15, -0.1) is 0 Å². The van der Waals surface area contributed by atoms with Crippen LogP contribution in [0.3, 0.4) is 0 Å². The van der Waals surface area contributed by atoms with E-state index in [2.05, 4.69) is 34.6 Å². The molecule has 3 heterocycles. The second-order valence-electron chi connectivity index (χ2n) is 11.6. The largest absolute Gasteiger partial charge is 0.394 e. The highest BCUT2D eigenvalue weighted by Crippen LogP contribution is 2.36. The summed E-state index contributed by atoms with van der Waals surface area (Å²) in [6.07, 6.45) is -2.12. The Morgan fingerprint density at radius 3 is 2.18 bits per heavy atom. The minimum absolute atomic E-state index is 0.0235. The van der Waals surface area contributed by atoms with Crippen LogP contribution in [0.25, 0.3) is 0 Å². The third-order valence-electron chi connectivity index (χ3n) is 8.75. The zero-order valence-corrected chi connectivity index (χ0v) is 24.8. The van der Waals surface area contributed by atoms with E-state index in [1.54, 1.807) is 6.92 Å². The lowest BCUT2D eigenvalue weighted by molar-refractivity contribution is -0.347. The van der Waals surface area contributed by atoms with E-state index in [0.717, 1.165) is 25.7 Å². The van der Waals surface area contributed by atoms with Gasteiger partial charge in [-0.3, -0.25) is 0 Å². The highest BCUT2D eigenvalue weighted by atomic mass is 16.7. The number of rotatable bonds is 14. The molecule has 0 radical (unpaired) electrons. The lowest BCUT2D eigenvalue weighted by atomic mass is 9.84. The molecule has 3 fully saturated rings. The van der Waals surface area contributed by atoms with Gasteiger partial charge in [0.2, 0.25) is 0 Å². The molecule has 0 aromatic heterocycles. The minimum atomic E-state index is -1.26. The number of aliphatic hydroxyl groups excluding tert-OH is 3. The maximum absolute atomic E-state index is 10.8. The van der Waals surface area contributed by atoms with E-state index in [1.165, 1.54) is 0 Å². The Balaban J connectivity index is 1.80. The predicted octanol–water partition coefficient (Wildman–Crippen LogP) is 2.64. The molecule has 3 N–H and O–H groups in total. The molecular formula is C29H54O10. The van der Waals surface area contributed by atoms with E-state index >= 15 is 0 Å². The van der Waals surface area contributed by atoms with Crippen LogP contribution in [0, 0.1) is 17.8 Å². The molecule has 3 aliphatic rings. The summed E-state index contributed by atoms with van der Waals surface area (Å²) in [5.74, 6) is 0.0705. The first-order chi connectivity index (χ1) is 18.7. The van der Waals surface area contributed by atoms with E-state index < -0.39 is 55.1 Å². The number of ether oxygens (including phenoxy) is 7. The van der Waals surface area contributed by atoms with E-state index in [0.29, 0.717) is 38.8 Å². The van der Waals surface area contributed by atoms with Crippen molar-refractivity contribution in [2.24, 2.45) is 17.8 Å². The van der Waals surface area contributed by atoms with Crippen molar-refractivity contribution in [2.75, 3.05) is 33.0 Å². The smallest absolute Gasteiger partial charge is 0.186 e. The van der Waals surface area contributed by atoms with Crippen molar-refractivity contribution in [3.63, 3.8) is 0 Å². The summed E-state index contributed by atoms with van der Waals surface area (Å²) in [6.45, 7) is 14.1. The molecule has 13 atom stereocenters. The molecule has 3 saturated heterocycles. The van der Waals surface area contributed by atoms with Crippen molar-refractivity contribution in [3.8, 4) is 0 Å². The topological polar surface area (TPSA) is 125 Å². The molecule has 10 nitrogen and oxygen atoms in total. The van der Waals surface area contributed by atoms with Crippen LogP contribution >= 0.6 is 0 Å². The van der Waals surface area contributed by atoms with Crippen LogP contribution in [0.1, 0.15) is 73.6 Å². The van der Waals surface area contributed by atoms with Gasteiger partial charge in [-0.05, 0) is 38.0 Å². The van der Waals surface area contributed by atoms with Gasteiger partial charge in [-0.25, -0.2) is 0 Å². The Hall–Kier alpha value is -0.400. The number of aliphatic hydroxyl groups is 3. The molecule has 13 unspecified atom stereocenters. The van der Waals surface area contributed by atoms with Crippen LogP contribution in [0.15, 0.2) is 0 Å². The second kappa shape index (κ2) is 16.3. The molecule has 230 valence electrons. The molecular weight excluding hydrogens is 508 g/mol. The second-order valence-corrected chi connectivity index (χ2v) is 11.6. The number of hydrogen-bond acceptors (Lipinski definition) is 10. The minimum Gasteiger partial charge on any atom is -0.394 e. The van der Waals surface area contributed by atoms with Crippen LogP contribution in [-0.2, 0) is 33.2 Å². The molecule has 0 amide bonds. The summed E-state index contributed by atoms with van der Waals surface area (Å²) in [5.41, 5.74) is 0. The van der Waals surface area contributed by atoms with Gasteiger partial charge in [-0.1, -0.05) is 47.5 Å². The fourth-order valence-electron chi connectivity index (χ4n) is 5.55. The Morgan fingerprint density at radius 1 is 0.769 bits per heavy atom. The van der Waals surface area contributed by atoms with E-state index in [9.17, 15) is 15.3 Å². The maximum Gasteiger partial charge on any atom is 0.186 e. The fourth-order valence-corrected chi connectivity index (χ4v) is 5.55. The monoisotopic (exact) mass is 562 g/mol. The van der Waals surface area contributed by atoms with Crippen LogP contribution < -0.4 is 0 Å². The van der Waals surface area contributed by atoms with Gasteiger partial charge in [0.25, 0.3) is 0 Å². The first kappa shape index (κ1) is 33.1. The average Bonchev–Trinajstić information content (AvgIpc) is 2.93. The van der Waals surface area contributed by atoms with Gasteiger partial charge >= 0.3 is 0 Å². The molecule has 0 aliphatic carbocycles. The van der Waals surface area contributed by atoms with Gasteiger partial charge in [0, 0.05) is 25.7 Å². The first-order valence-corrected chi connectivity index (χ1v) is 15.1. The molecule has 0 aromatic carbocycles. The zero-order valence-electron chi connectivity index (χ0n) is 24.8. The SMILES string of the molecule is CCCCOCC1OCCC(OC2OC(CO)C(C)C(O)C2O)C1OC1OC(C)C(C)C(C)C1OCCCC. The van der Waals surface area contributed by atoms with Crippen LogP contribution in [0.4, 0.5) is 0 Å². The van der Waals surface area contributed by atoms with Crippen molar-refractivity contribution < 1.29 is 48.5 Å². The summed E-state index contributed by atoms with van der Waals surface area (Å²) in [4.78, 5) is 0. The fraction of sp³-hybridized carbons (Fsp3) is 1.00. The summed E-state index contributed by atoms with van der Waals surface area (Å²) < 4.78 is 43.7. The highest BCUT2D eigenvalue weighted by molar-refractivity contribution is 4.92. The molecule has 0 saturated carbocycles. The summed E-state index contributed by atoms with van der Waals surface area (Å²) in [7, 11) is 0. The summed E-state index contributed by atoms with van der Waals surface area (Å²) in [5, 5.41) is 31.1. The lowest BCUT2D eigenvalue weighted by Gasteiger charge is -2.48.